The molecule has 3 atom stereocenters. The maximum atomic E-state index is 12.2. The SMILES string of the molecule is CC[C@H](C)[C@H](NCCC(=O)NC1CCCc2ccccc21)C(=O)O. The van der Waals surface area contributed by atoms with E-state index in [1.807, 2.05) is 26.0 Å². The summed E-state index contributed by atoms with van der Waals surface area (Å²) < 4.78 is 0. The summed E-state index contributed by atoms with van der Waals surface area (Å²) >= 11 is 0. The second kappa shape index (κ2) is 8.83. The van der Waals surface area contributed by atoms with Gasteiger partial charge in [-0.1, -0.05) is 44.5 Å². The van der Waals surface area contributed by atoms with Crippen LogP contribution in [-0.4, -0.2) is 29.6 Å². The summed E-state index contributed by atoms with van der Waals surface area (Å²) in [7, 11) is 0. The molecule has 1 unspecified atom stereocenters. The Morgan fingerprint density at radius 2 is 2.08 bits per heavy atom. The summed E-state index contributed by atoms with van der Waals surface area (Å²) in [4.78, 5) is 23.5. The lowest BCUT2D eigenvalue weighted by Crippen LogP contribution is -2.43. The molecule has 0 saturated heterocycles. The van der Waals surface area contributed by atoms with Gasteiger partial charge in [0.2, 0.25) is 5.91 Å². The minimum atomic E-state index is -0.856. The van der Waals surface area contributed by atoms with Gasteiger partial charge in [-0.25, -0.2) is 0 Å². The number of carbonyl (C=O) groups is 2. The number of aliphatic carboxylic acids is 1. The van der Waals surface area contributed by atoms with Crippen molar-refractivity contribution in [3.8, 4) is 0 Å². The Hall–Kier alpha value is -1.88. The molecule has 0 heterocycles. The van der Waals surface area contributed by atoms with E-state index in [9.17, 15) is 14.7 Å². The molecule has 132 valence electrons. The zero-order valence-corrected chi connectivity index (χ0v) is 14.5. The van der Waals surface area contributed by atoms with Crippen molar-refractivity contribution in [1.82, 2.24) is 10.6 Å². The number of aryl methyl sites for hydroxylation is 1. The number of benzene rings is 1. The number of hydrogen-bond donors (Lipinski definition) is 3. The van der Waals surface area contributed by atoms with Crippen molar-refractivity contribution in [2.75, 3.05) is 6.54 Å². The molecule has 1 aliphatic rings. The molecule has 1 aromatic rings. The van der Waals surface area contributed by atoms with Crippen molar-refractivity contribution < 1.29 is 14.7 Å². The maximum Gasteiger partial charge on any atom is 0.320 e. The Kier molecular flexibility index (Phi) is 6.79. The van der Waals surface area contributed by atoms with Gasteiger partial charge in [0.25, 0.3) is 0 Å². The summed E-state index contributed by atoms with van der Waals surface area (Å²) in [5.41, 5.74) is 2.53. The molecule has 0 aliphatic heterocycles. The third-order valence-electron chi connectivity index (χ3n) is 4.90. The molecule has 0 saturated carbocycles. The standard InChI is InChI=1S/C19H28N2O3/c1-3-13(2)18(19(23)24)20-12-11-17(22)21-16-10-6-8-14-7-4-5-9-15(14)16/h4-5,7,9,13,16,18,20H,3,6,8,10-12H2,1-2H3,(H,21,22)(H,23,24)/t13-,16?,18-/m0/s1. The van der Waals surface area contributed by atoms with Gasteiger partial charge in [-0.2, -0.15) is 0 Å². The zero-order valence-electron chi connectivity index (χ0n) is 14.5. The largest absolute Gasteiger partial charge is 0.480 e. The van der Waals surface area contributed by atoms with Gasteiger partial charge in [-0.15, -0.1) is 0 Å². The molecule has 5 nitrogen and oxygen atoms in total. The second-order valence-corrected chi connectivity index (χ2v) is 6.62. The van der Waals surface area contributed by atoms with Gasteiger partial charge in [0.1, 0.15) is 6.04 Å². The van der Waals surface area contributed by atoms with Crippen LogP contribution >= 0.6 is 0 Å². The molecule has 1 aromatic carbocycles. The van der Waals surface area contributed by atoms with E-state index in [1.54, 1.807) is 0 Å². The van der Waals surface area contributed by atoms with Crippen LogP contribution in [0.15, 0.2) is 24.3 Å². The molecule has 1 aliphatic carbocycles. The quantitative estimate of drug-likeness (QED) is 0.684. The Morgan fingerprint density at radius 3 is 2.79 bits per heavy atom. The molecule has 1 amide bonds. The number of fused-ring (bicyclic) bond motifs is 1. The number of hydrogen-bond acceptors (Lipinski definition) is 3. The first-order valence-corrected chi connectivity index (χ1v) is 8.86. The average Bonchev–Trinajstić information content (AvgIpc) is 2.58. The smallest absolute Gasteiger partial charge is 0.320 e. The van der Waals surface area contributed by atoms with Crippen molar-refractivity contribution in [3.63, 3.8) is 0 Å². The zero-order chi connectivity index (χ0) is 17.5. The van der Waals surface area contributed by atoms with Crippen LogP contribution in [0.2, 0.25) is 0 Å². The Bertz CT molecular complexity index is 573. The van der Waals surface area contributed by atoms with Crippen molar-refractivity contribution in [2.24, 2.45) is 5.92 Å². The highest BCUT2D eigenvalue weighted by Crippen LogP contribution is 2.29. The fourth-order valence-corrected chi connectivity index (χ4v) is 3.28. The molecular formula is C19H28N2O3. The van der Waals surface area contributed by atoms with E-state index < -0.39 is 12.0 Å². The summed E-state index contributed by atoms with van der Waals surface area (Å²) in [5.74, 6) is -0.848. The van der Waals surface area contributed by atoms with Gasteiger partial charge in [0.05, 0.1) is 6.04 Å². The van der Waals surface area contributed by atoms with E-state index in [2.05, 4.69) is 22.8 Å². The lowest BCUT2D eigenvalue weighted by Gasteiger charge is -2.26. The van der Waals surface area contributed by atoms with Crippen LogP contribution in [0.25, 0.3) is 0 Å². The molecular weight excluding hydrogens is 304 g/mol. The third kappa shape index (κ3) is 4.81. The highest BCUT2D eigenvalue weighted by atomic mass is 16.4. The van der Waals surface area contributed by atoms with Gasteiger partial charge in [-0.3, -0.25) is 9.59 Å². The normalized spacial score (nSPS) is 19.2. The van der Waals surface area contributed by atoms with Crippen LogP contribution in [0.5, 0.6) is 0 Å². The van der Waals surface area contributed by atoms with Crippen LogP contribution in [0, 0.1) is 5.92 Å². The molecule has 0 radical (unpaired) electrons. The van der Waals surface area contributed by atoms with Gasteiger partial charge in [-0.05, 0) is 36.3 Å². The van der Waals surface area contributed by atoms with Crippen molar-refractivity contribution in [2.45, 2.75) is 58.0 Å². The minimum Gasteiger partial charge on any atom is -0.480 e. The molecule has 0 spiro atoms. The molecule has 0 aromatic heterocycles. The predicted octanol–water partition coefficient (Wildman–Crippen LogP) is 2.66. The molecule has 2 rings (SSSR count). The van der Waals surface area contributed by atoms with E-state index in [4.69, 9.17) is 0 Å². The van der Waals surface area contributed by atoms with Gasteiger partial charge in [0, 0.05) is 13.0 Å². The third-order valence-corrected chi connectivity index (χ3v) is 4.90. The number of carbonyl (C=O) groups excluding carboxylic acids is 1. The van der Waals surface area contributed by atoms with E-state index in [-0.39, 0.29) is 17.9 Å². The predicted molar refractivity (Wildman–Crippen MR) is 93.8 cm³/mol. The first-order chi connectivity index (χ1) is 11.5. The minimum absolute atomic E-state index is 0.0301. The topological polar surface area (TPSA) is 78.4 Å². The number of carboxylic acids is 1. The number of rotatable bonds is 8. The first kappa shape index (κ1) is 18.5. The molecule has 0 fully saturated rings. The Morgan fingerprint density at radius 1 is 1.33 bits per heavy atom. The summed E-state index contributed by atoms with van der Waals surface area (Å²) in [5, 5.41) is 15.3. The van der Waals surface area contributed by atoms with E-state index in [0.29, 0.717) is 13.0 Å². The number of carboxylic acid groups (broad SMARTS) is 1. The lowest BCUT2D eigenvalue weighted by atomic mass is 9.87. The summed E-state index contributed by atoms with van der Waals surface area (Å²) in [6.45, 7) is 4.25. The van der Waals surface area contributed by atoms with Crippen molar-refractivity contribution in [3.05, 3.63) is 35.4 Å². The van der Waals surface area contributed by atoms with Crippen LogP contribution < -0.4 is 10.6 Å². The van der Waals surface area contributed by atoms with Crippen molar-refractivity contribution >= 4 is 11.9 Å². The van der Waals surface area contributed by atoms with E-state index in [1.165, 1.54) is 11.1 Å². The monoisotopic (exact) mass is 332 g/mol. The first-order valence-electron chi connectivity index (χ1n) is 8.86. The van der Waals surface area contributed by atoms with Crippen LogP contribution in [0.1, 0.15) is 56.7 Å². The Labute approximate surface area is 143 Å². The van der Waals surface area contributed by atoms with Gasteiger partial charge >= 0.3 is 5.97 Å². The number of amides is 1. The number of nitrogens with one attached hydrogen (secondary N) is 2. The van der Waals surface area contributed by atoms with Crippen LogP contribution in [0.3, 0.4) is 0 Å². The van der Waals surface area contributed by atoms with Gasteiger partial charge < -0.3 is 15.7 Å². The molecule has 0 bridgehead atoms. The van der Waals surface area contributed by atoms with E-state index in [0.717, 1.165) is 25.7 Å². The fraction of sp³-hybridized carbons (Fsp3) is 0.579. The molecule has 3 N–H and O–H groups in total. The molecule has 5 heteroatoms. The van der Waals surface area contributed by atoms with Crippen molar-refractivity contribution in [1.29, 1.82) is 0 Å². The summed E-state index contributed by atoms with van der Waals surface area (Å²) in [6.07, 6.45) is 4.18. The lowest BCUT2D eigenvalue weighted by molar-refractivity contribution is -0.141. The maximum absolute atomic E-state index is 12.2. The molecule has 24 heavy (non-hydrogen) atoms. The van der Waals surface area contributed by atoms with E-state index >= 15 is 0 Å². The Balaban J connectivity index is 1.83. The highest BCUT2D eigenvalue weighted by molar-refractivity contribution is 5.77. The fourth-order valence-electron chi connectivity index (χ4n) is 3.28. The summed E-state index contributed by atoms with van der Waals surface area (Å²) in [6, 6.07) is 7.73. The average molecular weight is 332 g/mol. The van der Waals surface area contributed by atoms with Crippen LogP contribution in [0.4, 0.5) is 0 Å². The van der Waals surface area contributed by atoms with Gasteiger partial charge in [0.15, 0.2) is 0 Å². The van der Waals surface area contributed by atoms with Crippen LogP contribution in [-0.2, 0) is 16.0 Å². The second-order valence-electron chi connectivity index (χ2n) is 6.62. The highest BCUT2D eigenvalue weighted by Gasteiger charge is 2.24.